The summed E-state index contributed by atoms with van der Waals surface area (Å²) >= 11 is 0. The Labute approximate surface area is 489 Å². The summed E-state index contributed by atoms with van der Waals surface area (Å²) in [4.78, 5) is 38.2. The number of unbranched alkanes of at least 4 members (excludes halogenated alkanes) is 31. The average molecular weight is 1100 g/mol. The highest BCUT2D eigenvalue weighted by atomic mass is 16.6. The van der Waals surface area contributed by atoms with Crippen LogP contribution in [0.2, 0.25) is 0 Å². The molecule has 0 saturated carbocycles. The number of rotatable bonds is 60. The fourth-order valence-electron chi connectivity index (χ4n) is 9.28. The number of allylic oxidation sites excluding steroid dienone is 18. The normalized spacial score (nSPS) is 12.8. The van der Waals surface area contributed by atoms with Crippen LogP contribution < -0.4 is 0 Å². The number of hydrogen-bond donors (Lipinski definition) is 0. The number of carbonyl (C=O) groups is 3. The molecule has 6 heteroatoms. The Morgan fingerprint density at radius 2 is 0.494 bits per heavy atom. The first-order chi connectivity index (χ1) is 39.0. The molecule has 0 aliphatic carbocycles. The second-order valence-electron chi connectivity index (χ2n) is 22.0. The second kappa shape index (κ2) is 66.6. The van der Waals surface area contributed by atoms with Crippen molar-refractivity contribution < 1.29 is 28.6 Å². The van der Waals surface area contributed by atoms with Gasteiger partial charge in [-0.25, -0.2) is 0 Å². The van der Waals surface area contributed by atoms with Crippen molar-refractivity contribution >= 4 is 17.9 Å². The van der Waals surface area contributed by atoms with Gasteiger partial charge in [0.2, 0.25) is 0 Å². The minimum Gasteiger partial charge on any atom is -0.462 e. The van der Waals surface area contributed by atoms with Crippen LogP contribution in [0.15, 0.2) is 109 Å². The third-order valence-corrected chi connectivity index (χ3v) is 14.3. The first-order valence-electron chi connectivity index (χ1n) is 33.4. The fourth-order valence-corrected chi connectivity index (χ4v) is 9.28. The molecule has 0 aromatic carbocycles. The van der Waals surface area contributed by atoms with Crippen molar-refractivity contribution in [3.63, 3.8) is 0 Å². The van der Waals surface area contributed by atoms with E-state index in [1.807, 2.05) is 0 Å². The lowest BCUT2D eigenvalue weighted by atomic mass is 10.0. The molecule has 79 heavy (non-hydrogen) atoms. The van der Waals surface area contributed by atoms with E-state index in [0.717, 1.165) is 109 Å². The Morgan fingerprint density at radius 1 is 0.266 bits per heavy atom. The predicted molar refractivity (Wildman–Crippen MR) is 343 cm³/mol. The van der Waals surface area contributed by atoms with Gasteiger partial charge in [0.05, 0.1) is 0 Å². The van der Waals surface area contributed by atoms with Crippen molar-refractivity contribution in [2.75, 3.05) is 13.2 Å². The van der Waals surface area contributed by atoms with Crippen molar-refractivity contribution in [3.05, 3.63) is 109 Å². The molecule has 0 radical (unpaired) electrons. The predicted octanol–water partition coefficient (Wildman–Crippen LogP) is 23.0. The monoisotopic (exact) mass is 1100 g/mol. The molecule has 0 aromatic heterocycles. The van der Waals surface area contributed by atoms with Gasteiger partial charge in [0.15, 0.2) is 6.10 Å². The molecular formula is C73H124O6. The quantitative estimate of drug-likeness (QED) is 0.0261. The lowest BCUT2D eigenvalue weighted by molar-refractivity contribution is -0.167. The van der Waals surface area contributed by atoms with Crippen LogP contribution in [0.1, 0.15) is 316 Å². The Balaban J connectivity index is 4.29. The molecule has 0 spiro atoms. The summed E-state index contributed by atoms with van der Waals surface area (Å²) < 4.78 is 16.9. The summed E-state index contributed by atoms with van der Waals surface area (Å²) in [7, 11) is 0. The Hall–Kier alpha value is -3.93. The van der Waals surface area contributed by atoms with Gasteiger partial charge < -0.3 is 14.2 Å². The van der Waals surface area contributed by atoms with Crippen molar-refractivity contribution in [1.82, 2.24) is 0 Å². The minimum atomic E-state index is -0.796. The topological polar surface area (TPSA) is 78.9 Å². The zero-order chi connectivity index (χ0) is 57.1. The fraction of sp³-hybridized carbons (Fsp3) is 0.712. The van der Waals surface area contributed by atoms with Crippen LogP contribution in [0.4, 0.5) is 0 Å². The summed E-state index contributed by atoms with van der Waals surface area (Å²) in [5, 5.41) is 0. The molecule has 452 valence electrons. The molecule has 0 fully saturated rings. The minimum absolute atomic E-state index is 0.0903. The van der Waals surface area contributed by atoms with Crippen LogP contribution in [0.5, 0.6) is 0 Å². The number of carbonyl (C=O) groups excluding carboxylic acids is 3. The van der Waals surface area contributed by atoms with E-state index < -0.39 is 6.10 Å². The molecular weight excluding hydrogens is 973 g/mol. The van der Waals surface area contributed by atoms with Gasteiger partial charge in [0.1, 0.15) is 13.2 Å². The van der Waals surface area contributed by atoms with Crippen molar-refractivity contribution in [3.8, 4) is 0 Å². The van der Waals surface area contributed by atoms with Crippen LogP contribution in [0, 0.1) is 0 Å². The maximum Gasteiger partial charge on any atom is 0.306 e. The highest BCUT2D eigenvalue weighted by Gasteiger charge is 2.19. The third-order valence-electron chi connectivity index (χ3n) is 14.3. The van der Waals surface area contributed by atoms with Gasteiger partial charge in [-0.05, 0) is 109 Å². The standard InChI is InChI=1S/C73H124O6/c1-4-7-10-13-16-19-21-23-25-27-29-31-33-35-36-38-39-41-43-45-47-49-51-54-57-60-63-66-72(75)78-69-70(68-77-71(74)65-62-59-56-53-18-15-12-9-6-3)79-73(76)67-64-61-58-55-52-50-48-46-44-42-40-37-34-32-30-28-26-24-22-20-17-14-11-8-5-2/h7,10,16,19,23,25,28-31,35-36,39,41,45,47,51,54,70H,4-6,8-9,11-15,17-18,20-22,24,26-27,32-34,37-38,40,42-44,46,48-50,52-53,55-69H2,1-3H3/b10-7-,19-16-,25-23-,30-28-,31-29-,36-35-,41-39-,47-45-,54-51-. The molecule has 0 N–H and O–H groups in total. The number of esters is 3. The Morgan fingerprint density at radius 3 is 0.810 bits per heavy atom. The lowest BCUT2D eigenvalue weighted by Crippen LogP contribution is -2.30. The van der Waals surface area contributed by atoms with Crippen LogP contribution >= 0.6 is 0 Å². The molecule has 1 atom stereocenters. The van der Waals surface area contributed by atoms with E-state index in [-0.39, 0.29) is 31.1 Å². The SMILES string of the molecule is CC/C=C\C/C=C\C/C=C\C/C=C\C/C=C\C/C=C\C/C=C\C/C=C\CCCCC(=O)OCC(COC(=O)CCCCCCCCCCC)OC(=O)CCCCCCCCCCCCCCC/C=C\CCCCCCCCCC. The van der Waals surface area contributed by atoms with E-state index in [2.05, 4.69) is 130 Å². The van der Waals surface area contributed by atoms with Gasteiger partial charge in [0.25, 0.3) is 0 Å². The average Bonchev–Trinajstić information content (AvgIpc) is 3.45. The van der Waals surface area contributed by atoms with E-state index in [9.17, 15) is 14.4 Å². The maximum atomic E-state index is 12.9. The van der Waals surface area contributed by atoms with E-state index in [4.69, 9.17) is 14.2 Å². The van der Waals surface area contributed by atoms with Gasteiger partial charge in [-0.1, -0.05) is 297 Å². The van der Waals surface area contributed by atoms with E-state index in [1.54, 1.807) is 0 Å². The molecule has 0 amide bonds. The second-order valence-corrected chi connectivity index (χ2v) is 22.0. The van der Waals surface area contributed by atoms with Crippen LogP contribution in [0.25, 0.3) is 0 Å². The molecule has 0 heterocycles. The summed E-state index contributed by atoms with van der Waals surface area (Å²) in [6.45, 7) is 6.49. The first-order valence-corrected chi connectivity index (χ1v) is 33.4. The smallest absolute Gasteiger partial charge is 0.306 e. The summed E-state index contributed by atoms with van der Waals surface area (Å²) in [6.07, 6.45) is 91.2. The van der Waals surface area contributed by atoms with Gasteiger partial charge in [-0.2, -0.15) is 0 Å². The van der Waals surface area contributed by atoms with Crippen molar-refractivity contribution in [2.24, 2.45) is 0 Å². The van der Waals surface area contributed by atoms with E-state index >= 15 is 0 Å². The van der Waals surface area contributed by atoms with Crippen molar-refractivity contribution in [1.29, 1.82) is 0 Å². The van der Waals surface area contributed by atoms with Gasteiger partial charge in [0, 0.05) is 19.3 Å². The highest BCUT2D eigenvalue weighted by molar-refractivity contribution is 5.71. The zero-order valence-electron chi connectivity index (χ0n) is 51.9. The van der Waals surface area contributed by atoms with Gasteiger partial charge >= 0.3 is 17.9 Å². The molecule has 0 saturated heterocycles. The van der Waals surface area contributed by atoms with E-state index in [0.29, 0.717) is 19.3 Å². The molecule has 0 aromatic rings. The van der Waals surface area contributed by atoms with Gasteiger partial charge in [-0.15, -0.1) is 0 Å². The summed E-state index contributed by atoms with van der Waals surface area (Å²) in [5.74, 6) is -0.930. The summed E-state index contributed by atoms with van der Waals surface area (Å²) in [6, 6.07) is 0. The Bertz CT molecular complexity index is 1590. The lowest BCUT2D eigenvalue weighted by Gasteiger charge is -2.18. The van der Waals surface area contributed by atoms with Crippen LogP contribution in [0.3, 0.4) is 0 Å². The van der Waals surface area contributed by atoms with E-state index in [1.165, 1.54) is 167 Å². The van der Waals surface area contributed by atoms with Gasteiger partial charge in [-0.3, -0.25) is 14.4 Å². The molecule has 6 nitrogen and oxygen atoms in total. The molecule has 1 unspecified atom stereocenters. The maximum absolute atomic E-state index is 12.9. The first kappa shape index (κ1) is 75.1. The Kier molecular flexibility index (Phi) is 63.3. The highest BCUT2D eigenvalue weighted by Crippen LogP contribution is 2.16. The molecule has 0 aliphatic heterocycles. The zero-order valence-corrected chi connectivity index (χ0v) is 51.9. The number of ether oxygens (including phenoxy) is 3. The van der Waals surface area contributed by atoms with Crippen LogP contribution in [-0.2, 0) is 28.6 Å². The molecule has 0 aliphatic rings. The number of hydrogen-bond acceptors (Lipinski definition) is 6. The molecule has 0 rings (SSSR count). The largest absolute Gasteiger partial charge is 0.462 e. The summed E-state index contributed by atoms with van der Waals surface area (Å²) in [5.41, 5.74) is 0. The molecule has 0 bridgehead atoms. The third kappa shape index (κ3) is 64.8. The van der Waals surface area contributed by atoms with Crippen LogP contribution in [-0.4, -0.2) is 37.2 Å². The van der Waals surface area contributed by atoms with Crippen molar-refractivity contribution in [2.45, 2.75) is 322 Å².